The van der Waals surface area contributed by atoms with Crippen molar-refractivity contribution in [1.29, 1.82) is 0 Å². The lowest BCUT2D eigenvalue weighted by atomic mass is 9.99. The van der Waals surface area contributed by atoms with E-state index >= 15 is 0 Å². The third-order valence-corrected chi connectivity index (χ3v) is 12.2. The molecule has 0 aromatic carbocycles. The van der Waals surface area contributed by atoms with Crippen molar-refractivity contribution in [2.24, 2.45) is 5.92 Å². The number of hydrogen-bond acceptors (Lipinski definition) is 6. The van der Waals surface area contributed by atoms with E-state index in [0.29, 0.717) is 19.3 Å². The summed E-state index contributed by atoms with van der Waals surface area (Å²) in [5.74, 6) is 0.0477. The lowest BCUT2D eigenvalue weighted by molar-refractivity contribution is -0.167. The highest BCUT2D eigenvalue weighted by Gasteiger charge is 2.19. The Hall–Kier alpha value is -1.59. The van der Waals surface area contributed by atoms with Crippen molar-refractivity contribution in [3.63, 3.8) is 0 Å². The van der Waals surface area contributed by atoms with Crippen LogP contribution in [0.1, 0.15) is 291 Å². The van der Waals surface area contributed by atoms with Gasteiger partial charge in [-0.1, -0.05) is 252 Å². The zero-order chi connectivity index (χ0) is 42.4. The molecule has 0 aliphatic carbocycles. The Morgan fingerprint density at radius 2 is 0.603 bits per heavy atom. The number of rotatable bonds is 47. The molecule has 0 rings (SSSR count). The molecule has 0 fully saturated rings. The minimum absolute atomic E-state index is 0.0628. The second kappa shape index (κ2) is 46.5. The summed E-state index contributed by atoms with van der Waals surface area (Å²) < 4.78 is 16.8. The molecule has 2 atom stereocenters. The van der Waals surface area contributed by atoms with Crippen molar-refractivity contribution in [1.82, 2.24) is 0 Å². The maximum absolute atomic E-state index is 12.8. The first-order chi connectivity index (χ1) is 28.4. The molecule has 0 radical (unpaired) electrons. The molecule has 6 nitrogen and oxygen atoms in total. The van der Waals surface area contributed by atoms with Crippen LogP contribution in [0.15, 0.2) is 0 Å². The van der Waals surface area contributed by atoms with Gasteiger partial charge in [-0.05, 0) is 25.2 Å². The minimum Gasteiger partial charge on any atom is -0.462 e. The van der Waals surface area contributed by atoms with Gasteiger partial charge in [0, 0.05) is 19.3 Å². The maximum Gasteiger partial charge on any atom is 0.306 e. The normalized spacial score (nSPS) is 12.4. The van der Waals surface area contributed by atoms with Crippen molar-refractivity contribution in [3.05, 3.63) is 0 Å². The van der Waals surface area contributed by atoms with Crippen LogP contribution in [-0.2, 0) is 28.6 Å². The quantitative estimate of drug-likeness (QED) is 0.0346. The Morgan fingerprint density at radius 1 is 0.345 bits per heavy atom. The van der Waals surface area contributed by atoms with E-state index in [0.717, 1.165) is 63.7 Å². The van der Waals surface area contributed by atoms with Gasteiger partial charge in [-0.25, -0.2) is 0 Å². The Labute approximate surface area is 361 Å². The first-order valence-corrected chi connectivity index (χ1v) is 25.9. The first kappa shape index (κ1) is 56.4. The van der Waals surface area contributed by atoms with Crippen LogP contribution in [0.3, 0.4) is 0 Å². The standard InChI is InChI=1S/C52H100O6/c1-5-8-10-12-14-16-17-20-24-28-32-36-40-44-51(54)57-47-49(46-56-50(53)43-39-35-31-26-15-13-11-9-6-2)58-52(55)45-41-37-33-29-25-22-19-18-21-23-27-30-34-38-42-48(4)7-3/h48-49H,5-47H2,1-4H3/t48?,49-/m0/s1. The second-order valence-corrected chi connectivity index (χ2v) is 18.1. The molecular formula is C52H100O6. The number of hydrogen-bond donors (Lipinski definition) is 0. The van der Waals surface area contributed by atoms with Crippen LogP contribution in [0, 0.1) is 5.92 Å². The van der Waals surface area contributed by atoms with Gasteiger partial charge in [0.25, 0.3) is 0 Å². The van der Waals surface area contributed by atoms with Crippen LogP contribution < -0.4 is 0 Å². The fourth-order valence-electron chi connectivity index (χ4n) is 7.83. The number of esters is 3. The zero-order valence-corrected chi connectivity index (χ0v) is 39.5. The van der Waals surface area contributed by atoms with E-state index in [9.17, 15) is 14.4 Å². The van der Waals surface area contributed by atoms with Crippen molar-refractivity contribution < 1.29 is 28.6 Å². The van der Waals surface area contributed by atoms with Gasteiger partial charge in [-0.2, -0.15) is 0 Å². The number of ether oxygens (including phenoxy) is 3. The highest BCUT2D eigenvalue weighted by atomic mass is 16.6. The van der Waals surface area contributed by atoms with E-state index in [2.05, 4.69) is 27.7 Å². The van der Waals surface area contributed by atoms with E-state index in [1.807, 2.05) is 0 Å². The van der Waals surface area contributed by atoms with Gasteiger partial charge in [0.05, 0.1) is 0 Å². The van der Waals surface area contributed by atoms with Gasteiger partial charge in [-0.15, -0.1) is 0 Å². The van der Waals surface area contributed by atoms with Crippen molar-refractivity contribution in [2.75, 3.05) is 13.2 Å². The largest absolute Gasteiger partial charge is 0.462 e. The molecule has 0 amide bonds. The lowest BCUT2D eigenvalue weighted by Gasteiger charge is -2.18. The average Bonchev–Trinajstić information content (AvgIpc) is 3.22. The molecular weight excluding hydrogens is 721 g/mol. The molecule has 0 bridgehead atoms. The van der Waals surface area contributed by atoms with Crippen molar-refractivity contribution in [2.45, 2.75) is 297 Å². The molecule has 0 saturated heterocycles. The predicted molar refractivity (Wildman–Crippen MR) is 247 cm³/mol. The molecule has 1 unspecified atom stereocenters. The number of unbranched alkanes of at least 4 members (excludes halogenated alkanes) is 33. The molecule has 344 valence electrons. The summed E-state index contributed by atoms with van der Waals surface area (Å²) in [4.78, 5) is 37.8. The van der Waals surface area contributed by atoms with E-state index in [1.54, 1.807) is 0 Å². The summed E-state index contributed by atoms with van der Waals surface area (Å²) in [7, 11) is 0. The number of carbonyl (C=O) groups is 3. The van der Waals surface area contributed by atoms with E-state index in [1.165, 1.54) is 186 Å². The van der Waals surface area contributed by atoms with Crippen molar-refractivity contribution in [3.8, 4) is 0 Å². The van der Waals surface area contributed by atoms with Crippen LogP contribution in [0.25, 0.3) is 0 Å². The third-order valence-electron chi connectivity index (χ3n) is 12.2. The molecule has 0 heterocycles. The molecule has 0 spiro atoms. The third kappa shape index (κ3) is 44.0. The summed E-state index contributed by atoms with van der Waals surface area (Å²) in [6.45, 7) is 9.05. The van der Waals surface area contributed by atoms with Crippen LogP contribution in [-0.4, -0.2) is 37.2 Å². The Morgan fingerprint density at radius 3 is 0.897 bits per heavy atom. The van der Waals surface area contributed by atoms with Crippen LogP contribution in [0.5, 0.6) is 0 Å². The van der Waals surface area contributed by atoms with E-state index in [4.69, 9.17) is 14.2 Å². The zero-order valence-electron chi connectivity index (χ0n) is 39.5. The monoisotopic (exact) mass is 821 g/mol. The average molecular weight is 821 g/mol. The smallest absolute Gasteiger partial charge is 0.306 e. The molecule has 0 N–H and O–H groups in total. The summed E-state index contributed by atoms with van der Waals surface area (Å²) in [5, 5.41) is 0. The molecule has 0 aliphatic heterocycles. The Kier molecular flexibility index (Phi) is 45.2. The second-order valence-electron chi connectivity index (χ2n) is 18.1. The van der Waals surface area contributed by atoms with Gasteiger partial charge >= 0.3 is 17.9 Å². The summed E-state index contributed by atoms with van der Waals surface area (Å²) in [6.07, 6.45) is 47.9. The van der Waals surface area contributed by atoms with E-state index in [-0.39, 0.29) is 31.1 Å². The molecule has 58 heavy (non-hydrogen) atoms. The molecule has 6 heteroatoms. The summed E-state index contributed by atoms with van der Waals surface area (Å²) in [5.41, 5.74) is 0. The fraction of sp³-hybridized carbons (Fsp3) is 0.942. The fourth-order valence-corrected chi connectivity index (χ4v) is 7.83. The van der Waals surface area contributed by atoms with Gasteiger partial charge in [0.15, 0.2) is 6.10 Å². The van der Waals surface area contributed by atoms with Crippen LogP contribution in [0.4, 0.5) is 0 Å². The highest BCUT2D eigenvalue weighted by molar-refractivity contribution is 5.71. The van der Waals surface area contributed by atoms with Crippen LogP contribution >= 0.6 is 0 Å². The Balaban J connectivity index is 4.25. The topological polar surface area (TPSA) is 78.9 Å². The first-order valence-electron chi connectivity index (χ1n) is 25.9. The van der Waals surface area contributed by atoms with Gasteiger partial charge in [0.2, 0.25) is 0 Å². The predicted octanol–water partition coefficient (Wildman–Crippen LogP) is 16.7. The molecule has 0 aromatic heterocycles. The molecule has 0 aromatic rings. The van der Waals surface area contributed by atoms with Gasteiger partial charge in [0.1, 0.15) is 13.2 Å². The van der Waals surface area contributed by atoms with Crippen molar-refractivity contribution >= 4 is 17.9 Å². The SMILES string of the molecule is CCCCCCCCCCCCCCCC(=O)OC[C@H](COC(=O)CCCCCCCCCCC)OC(=O)CCCCCCCCCCCCCCCCC(C)CC. The highest BCUT2D eigenvalue weighted by Crippen LogP contribution is 2.18. The van der Waals surface area contributed by atoms with Gasteiger partial charge < -0.3 is 14.2 Å². The van der Waals surface area contributed by atoms with Gasteiger partial charge in [-0.3, -0.25) is 14.4 Å². The minimum atomic E-state index is -0.759. The van der Waals surface area contributed by atoms with Crippen LogP contribution in [0.2, 0.25) is 0 Å². The summed E-state index contributed by atoms with van der Waals surface area (Å²) in [6, 6.07) is 0. The van der Waals surface area contributed by atoms with E-state index < -0.39 is 6.10 Å². The Bertz CT molecular complexity index is 874. The molecule has 0 saturated carbocycles. The lowest BCUT2D eigenvalue weighted by Crippen LogP contribution is -2.30. The molecule has 0 aliphatic rings. The maximum atomic E-state index is 12.8. The number of carbonyl (C=O) groups excluding carboxylic acids is 3. The summed E-state index contributed by atoms with van der Waals surface area (Å²) >= 11 is 0.